The van der Waals surface area contributed by atoms with E-state index in [1.165, 1.54) is 7.11 Å². The van der Waals surface area contributed by atoms with Gasteiger partial charge in [0.2, 0.25) is 5.78 Å². The molecular weight excluding hydrogens is 348 g/mol. The van der Waals surface area contributed by atoms with Crippen LogP contribution in [0.25, 0.3) is 6.08 Å². The molecular formula is C21H20O6. The van der Waals surface area contributed by atoms with Crippen LogP contribution >= 0.6 is 0 Å². The standard InChI is InChI=1S/C21H20O6/c1-4-25-16-9-10-17-18(12-16)27-19(20(17)22)11-14-5-7-15(8-6-14)26-13(2)21(23)24-3/h5-13H,4H2,1-3H3/t13-/m0/s1. The number of rotatable bonds is 6. The van der Waals surface area contributed by atoms with E-state index in [2.05, 4.69) is 4.74 Å². The quantitative estimate of drug-likeness (QED) is 0.573. The highest BCUT2D eigenvalue weighted by Crippen LogP contribution is 2.35. The summed E-state index contributed by atoms with van der Waals surface area (Å²) in [5.41, 5.74) is 1.28. The highest BCUT2D eigenvalue weighted by Gasteiger charge is 2.27. The van der Waals surface area contributed by atoms with E-state index in [-0.39, 0.29) is 11.5 Å². The fourth-order valence-corrected chi connectivity index (χ4v) is 2.64. The van der Waals surface area contributed by atoms with E-state index in [9.17, 15) is 9.59 Å². The molecule has 1 atom stereocenters. The van der Waals surface area contributed by atoms with Gasteiger partial charge >= 0.3 is 5.97 Å². The maximum atomic E-state index is 12.5. The lowest BCUT2D eigenvalue weighted by atomic mass is 10.1. The number of ketones is 1. The molecule has 0 aromatic heterocycles. The molecule has 1 aliphatic rings. The van der Waals surface area contributed by atoms with E-state index in [0.29, 0.717) is 29.4 Å². The average Bonchev–Trinajstić information content (AvgIpc) is 2.98. The van der Waals surface area contributed by atoms with Gasteiger partial charge in [0.1, 0.15) is 17.2 Å². The molecule has 0 N–H and O–H groups in total. The Kier molecular flexibility index (Phi) is 5.45. The molecule has 1 heterocycles. The summed E-state index contributed by atoms with van der Waals surface area (Å²) in [6.45, 7) is 4.04. The van der Waals surface area contributed by atoms with Gasteiger partial charge in [-0.2, -0.15) is 0 Å². The molecule has 0 amide bonds. The van der Waals surface area contributed by atoms with Crippen molar-refractivity contribution in [3.8, 4) is 17.2 Å². The highest BCUT2D eigenvalue weighted by molar-refractivity contribution is 6.14. The van der Waals surface area contributed by atoms with Crippen molar-refractivity contribution < 1.29 is 28.5 Å². The Morgan fingerprint density at radius 3 is 2.52 bits per heavy atom. The van der Waals surface area contributed by atoms with Crippen LogP contribution in [0.3, 0.4) is 0 Å². The summed E-state index contributed by atoms with van der Waals surface area (Å²) in [5.74, 6) is 1.30. The number of ether oxygens (including phenoxy) is 4. The third kappa shape index (κ3) is 4.11. The molecule has 6 nitrogen and oxygen atoms in total. The Labute approximate surface area is 157 Å². The molecule has 3 rings (SSSR count). The fraction of sp³-hybridized carbons (Fsp3) is 0.238. The molecule has 0 fully saturated rings. The number of Topliss-reactive ketones (excluding diaryl/α,β-unsaturated/α-hetero) is 1. The first-order chi connectivity index (χ1) is 13.0. The molecule has 0 radical (unpaired) electrons. The molecule has 0 spiro atoms. The monoisotopic (exact) mass is 368 g/mol. The summed E-state index contributed by atoms with van der Waals surface area (Å²) < 4.78 is 21.2. The number of carbonyl (C=O) groups is 2. The van der Waals surface area contributed by atoms with Crippen LogP contribution in [0.1, 0.15) is 29.8 Å². The Balaban J connectivity index is 1.73. The van der Waals surface area contributed by atoms with Crippen molar-refractivity contribution in [2.24, 2.45) is 0 Å². The Bertz CT molecular complexity index is 882. The van der Waals surface area contributed by atoms with Crippen LogP contribution in [0.15, 0.2) is 48.2 Å². The van der Waals surface area contributed by atoms with Crippen LogP contribution in [-0.2, 0) is 9.53 Å². The van der Waals surface area contributed by atoms with Crippen LogP contribution in [0.4, 0.5) is 0 Å². The van der Waals surface area contributed by atoms with Crippen molar-refractivity contribution in [1.82, 2.24) is 0 Å². The second-order valence-electron chi connectivity index (χ2n) is 5.88. The van der Waals surface area contributed by atoms with Gasteiger partial charge in [0.15, 0.2) is 11.9 Å². The number of hydrogen-bond acceptors (Lipinski definition) is 6. The van der Waals surface area contributed by atoms with Crippen LogP contribution in [-0.4, -0.2) is 31.6 Å². The van der Waals surface area contributed by atoms with Gasteiger partial charge in [0.25, 0.3) is 0 Å². The Hall–Kier alpha value is -3.28. The maximum absolute atomic E-state index is 12.5. The summed E-state index contributed by atoms with van der Waals surface area (Å²) in [4.78, 5) is 23.9. The van der Waals surface area contributed by atoms with Crippen LogP contribution in [0.2, 0.25) is 0 Å². The van der Waals surface area contributed by atoms with E-state index < -0.39 is 12.1 Å². The number of fused-ring (bicyclic) bond motifs is 1. The minimum atomic E-state index is -0.701. The second-order valence-corrected chi connectivity index (χ2v) is 5.88. The fourth-order valence-electron chi connectivity index (χ4n) is 2.64. The van der Waals surface area contributed by atoms with Gasteiger partial charge in [-0.05, 0) is 49.8 Å². The summed E-state index contributed by atoms with van der Waals surface area (Å²) in [5, 5.41) is 0. The predicted molar refractivity (Wildman–Crippen MR) is 99.1 cm³/mol. The lowest BCUT2D eigenvalue weighted by Crippen LogP contribution is -2.24. The van der Waals surface area contributed by atoms with Crippen molar-refractivity contribution in [1.29, 1.82) is 0 Å². The normalized spacial score (nSPS) is 15.1. The van der Waals surface area contributed by atoms with Crippen molar-refractivity contribution in [3.05, 3.63) is 59.4 Å². The van der Waals surface area contributed by atoms with Crippen LogP contribution in [0.5, 0.6) is 17.2 Å². The van der Waals surface area contributed by atoms with Gasteiger partial charge in [0.05, 0.1) is 19.3 Å². The zero-order valence-electron chi connectivity index (χ0n) is 15.4. The van der Waals surface area contributed by atoms with Crippen molar-refractivity contribution in [2.75, 3.05) is 13.7 Å². The Morgan fingerprint density at radius 2 is 1.85 bits per heavy atom. The first kappa shape index (κ1) is 18.5. The molecule has 2 aromatic carbocycles. The van der Waals surface area contributed by atoms with Crippen LogP contribution in [0, 0.1) is 0 Å². The number of benzene rings is 2. The zero-order valence-corrected chi connectivity index (χ0v) is 15.4. The zero-order chi connectivity index (χ0) is 19.4. The lowest BCUT2D eigenvalue weighted by molar-refractivity contribution is -0.147. The minimum Gasteiger partial charge on any atom is -0.494 e. The highest BCUT2D eigenvalue weighted by atomic mass is 16.6. The minimum absolute atomic E-state index is 0.173. The molecule has 0 aliphatic carbocycles. The van der Waals surface area contributed by atoms with Crippen molar-refractivity contribution in [2.45, 2.75) is 20.0 Å². The molecule has 0 saturated carbocycles. The number of hydrogen-bond donors (Lipinski definition) is 0. The Morgan fingerprint density at radius 1 is 1.15 bits per heavy atom. The van der Waals surface area contributed by atoms with Gasteiger partial charge < -0.3 is 18.9 Å². The molecule has 2 aromatic rings. The first-order valence-electron chi connectivity index (χ1n) is 8.57. The predicted octanol–water partition coefficient (Wildman–Crippen LogP) is 3.64. The van der Waals surface area contributed by atoms with Crippen LogP contribution < -0.4 is 14.2 Å². The number of allylic oxidation sites excluding steroid dienone is 1. The second kappa shape index (κ2) is 7.95. The molecule has 1 aliphatic heterocycles. The van der Waals surface area contributed by atoms with Gasteiger partial charge in [0, 0.05) is 6.07 Å². The van der Waals surface area contributed by atoms with Gasteiger partial charge in [-0.1, -0.05) is 12.1 Å². The maximum Gasteiger partial charge on any atom is 0.346 e. The van der Waals surface area contributed by atoms with E-state index in [4.69, 9.17) is 14.2 Å². The van der Waals surface area contributed by atoms with Gasteiger partial charge in [-0.3, -0.25) is 4.79 Å². The van der Waals surface area contributed by atoms with Crippen molar-refractivity contribution >= 4 is 17.8 Å². The summed E-state index contributed by atoms with van der Waals surface area (Å²) in [6, 6.07) is 12.1. The number of methoxy groups -OCH3 is 1. The van der Waals surface area contributed by atoms with E-state index in [1.807, 2.05) is 6.92 Å². The van der Waals surface area contributed by atoms with E-state index in [1.54, 1.807) is 55.5 Å². The number of esters is 1. The van der Waals surface area contributed by atoms with E-state index in [0.717, 1.165) is 5.56 Å². The molecule has 6 heteroatoms. The largest absolute Gasteiger partial charge is 0.494 e. The molecule has 0 saturated heterocycles. The summed E-state index contributed by atoms with van der Waals surface area (Å²) in [6.07, 6.45) is 0.962. The third-order valence-electron chi connectivity index (χ3n) is 3.98. The van der Waals surface area contributed by atoms with E-state index >= 15 is 0 Å². The molecule has 27 heavy (non-hydrogen) atoms. The SMILES string of the molecule is CCOc1ccc2c(c1)OC(=Cc1ccc(O[C@@H](C)C(=O)OC)cc1)C2=O. The first-order valence-corrected chi connectivity index (χ1v) is 8.57. The average molecular weight is 368 g/mol. The third-order valence-corrected chi connectivity index (χ3v) is 3.98. The molecule has 140 valence electrons. The summed E-state index contributed by atoms with van der Waals surface area (Å²) >= 11 is 0. The van der Waals surface area contributed by atoms with Gasteiger partial charge in [-0.15, -0.1) is 0 Å². The molecule has 0 bridgehead atoms. The smallest absolute Gasteiger partial charge is 0.346 e. The van der Waals surface area contributed by atoms with Gasteiger partial charge in [-0.25, -0.2) is 4.79 Å². The van der Waals surface area contributed by atoms with Crippen molar-refractivity contribution in [3.63, 3.8) is 0 Å². The lowest BCUT2D eigenvalue weighted by Gasteiger charge is -2.12. The number of carbonyl (C=O) groups excluding carboxylic acids is 2. The molecule has 0 unspecified atom stereocenters. The summed E-state index contributed by atoms with van der Waals surface area (Å²) in [7, 11) is 1.31. The topological polar surface area (TPSA) is 71.1 Å².